The van der Waals surface area contributed by atoms with Crippen LogP contribution in [0.15, 0.2) is 24.5 Å². The molecule has 1 saturated heterocycles. The molecule has 0 aromatic carbocycles. The molecule has 1 amide bonds. The lowest BCUT2D eigenvalue weighted by molar-refractivity contribution is 0.104. The first-order chi connectivity index (χ1) is 8.09. The molecular formula is C13H18N2O2. The SMILES string of the molecule is CC(C)[C@H]1OC(=O)N(Cc2ccncc2)[C@@H]1C. The maximum absolute atomic E-state index is 11.8. The van der Waals surface area contributed by atoms with Crippen LogP contribution in [0.2, 0.25) is 0 Å². The van der Waals surface area contributed by atoms with Crippen molar-refractivity contribution in [1.82, 2.24) is 9.88 Å². The van der Waals surface area contributed by atoms with Crippen molar-refractivity contribution in [3.63, 3.8) is 0 Å². The summed E-state index contributed by atoms with van der Waals surface area (Å²) in [7, 11) is 0. The molecule has 1 fully saturated rings. The summed E-state index contributed by atoms with van der Waals surface area (Å²) in [5, 5.41) is 0. The van der Waals surface area contributed by atoms with E-state index in [4.69, 9.17) is 4.74 Å². The summed E-state index contributed by atoms with van der Waals surface area (Å²) in [5.74, 6) is 0.344. The molecule has 4 heteroatoms. The molecule has 2 atom stereocenters. The third kappa shape index (κ3) is 2.40. The van der Waals surface area contributed by atoms with Crippen LogP contribution >= 0.6 is 0 Å². The summed E-state index contributed by atoms with van der Waals surface area (Å²) < 4.78 is 5.39. The van der Waals surface area contributed by atoms with Crippen LogP contribution in [0, 0.1) is 5.92 Å². The van der Waals surface area contributed by atoms with E-state index >= 15 is 0 Å². The highest BCUT2D eigenvalue weighted by Gasteiger charge is 2.39. The molecule has 0 aliphatic carbocycles. The molecule has 92 valence electrons. The topological polar surface area (TPSA) is 42.4 Å². The van der Waals surface area contributed by atoms with Gasteiger partial charge in [0.25, 0.3) is 0 Å². The Kier molecular flexibility index (Phi) is 3.31. The smallest absolute Gasteiger partial charge is 0.410 e. The van der Waals surface area contributed by atoms with Crippen molar-refractivity contribution in [1.29, 1.82) is 0 Å². The highest BCUT2D eigenvalue weighted by atomic mass is 16.6. The number of pyridine rings is 1. The van der Waals surface area contributed by atoms with E-state index in [2.05, 4.69) is 18.8 Å². The Labute approximate surface area is 102 Å². The zero-order chi connectivity index (χ0) is 12.4. The highest BCUT2D eigenvalue weighted by Crippen LogP contribution is 2.26. The molecule has 2 rings (SSSR count). The molecule has 0 N–H and O–H groups in total. The van der Waals surface area contributed by atoms with E-state index in [-0.39, 0.29) is 18.2 Å². The lowest BCUT2D eigenvalue weighted by Gasteiger charge is -2.22. The molecule has 17 heavy (non-hydrogen) atoms. The number of ether oxygens (including phenoxy) is 1. The van der Waals surface area contributed by atoms with Crippen molar-refractivity contribution in [2.75, 3.05) is 0 Å². The minimum atomic E-state index is -0.215. The number of aromatic nitrogens is 1. The summed E-state index contributed by atoms with van der Waals surface area (Å²) >= 11 is 0. The van der Waals surface area contributed by atoms with Gasteiger partial charge in [0, 0.05) is 18.9 Å². The Morgan fingerprint density at radius 2 is 2.06 bits per heavy atom. The van der Waals surface area contributed by atoms with Crippen molar-refractivity contribution in [2.24, 2.45) is 5.92 Å². The van der Waals surface area contributed by atoms with Crippen molar-refractivity contribution in [3.05, 3.63) is 30.1 Å². The standard InChI is InChI=1S/C13H18N2O2/c1-9(2)12-10(3)15(13(16)17-12)8-11-4-6-14-7-5-11/h4-7,9-10,12H,8H2,1-3H3/t10-,12-/m1/s1. The van der Waals surface area contributed by atoms with Gasteiger partial charge in [0.1, 0.15) is 6.10 Å². The summed E-state index contributed by atoms with van der Waals surface area (Å²) in [6, 6.07) is 3.96. The molecule has 1 aliphatic rings. The average molecular weight is 234 g/mol. The largest absolute Gasteiger partial charge is 0.444 e. The monoisotopic (exact) mass is 234 g/mol. The van der Waals surface area contributed by atoms with Crippen LogP contribution in [0.4, 0.5) is 4.79 Å². The average Bonchev–Trinajstić information content (AvgIpc) is 2.58. The van der Waals surface area contributed by atoms with Crippen molar-refractivity contribution in [2.45, 2.75) is 39.5 Å². The Morgan fingerprint density at radius 1 is 1.41 bits per heavy atom. The van der Waals surface area contributed by atoms with Gasteiger partial charge in [-0.05, 0) is 30.5 Å². The van der Waals surface area contributed by atoms with E-state index in [0.717, 1.165) is 5.56 Å². The van der Waals surface area contributed by atoms with E-state index < -0.39 is 0 Å². The Balaban J connectivity index is 2.09. The summed E-state index contributed by atoms with van der Waals surface area (Å²) in [6.07, 6.45) is 3.25. The molecule has 2 heterocycles. The van der Waals surface area contributed by atoms with Crippen LogP contribution in [0.5, 0.6) is 0 Å². The van der Waals surface area contributed by atoms with Gasteiger partial charge in [-0.15, -0.1) is 0 Å². The predicted molar refractivity (Wildman–Crippen MR) is 64.3 cm³/mol. The second-order valence-corrected chi connectivity index (χ2v) is 4.82. The number of carbonyl (C=O) groups excluding carboxylic acids is 1. The Hall–Kier alpha value is -1.58. The lowest BCUT2D eigenvalue weighted by atomic mass is 10.0. The van der Waals surface area contributed by atoms with Gasteiger partial charge in [0.15, 0.2) is 0 Å². The zero-order valence-electron chi connectivity index (χ0n) is 10.5. The van der Waals surface area contributed by atoms with E-state index in [1.165, 1.54) is 0 Å². The second kappa shape index (κ2) is 4.73. The molecule has 0 unspecified atom stereocenters. The van der Waals surface area contributed by atoms with Gasteiger partial charge in [-0.2, -0.15) is 0 Å². The van der Waals surface area contributed by atoms with Crippen molar-refractivity contribution < 1.29 is 9.53 Å². The Bertz CT molecular complexity index is 392. The molecule has 0 radical (unpaired) electrons. The van der Waals surface area contributed by atoms with Crippen LogP contribution < -0.4 is 0 Å². The minimum Gasteiger partial charge on any atom is -0.444 e. The fourth-order valence-electron chi connectivity index (χ4n) is 2.21. The first-order valence-electron chi connectivity index (χ1n) is 5.95. The van der Waals surface area contributed by atoms with E-state index in [0.29, 0.717) is 12.5 Å². The molecule has 1 aromatic heterocycles. The molecule has 1 aliphatic heterocycles. The number of amides is 1. The number of hydrogen-bond donors (Lipinski definition) is 0. The minimum absolute atomic E-state index is 0.00987. The molecule has 4 nitrogen and oxygen atoms in total. The number of cyclic esters (lactones) is 1. The van der Waals surface area contributed by atoms with E-state index in [9.17, 15) is 4.79 Å². The quantitative estimate of drug-likeness (QED) is 0.806. The summed E-state index contributed by atoms with van der Waals surface area (Å²) in [4.78, 5) is 17.5. The molecule has 0 spiro atoms. The van der Waals surface area contributed by atoms with Gasteiger partial charge in [-0.25, -0.2) is 4.79 Å². The Morgan fingerprint density at radius 3 is 2.59 bits per heavy atom. The van der Waals surface area contributed by atoms with Gasteiger partial charge in [-0.1, -0.05) is 13.8 Å². The van der Waals surface area contributed by atoms with Crippen molar-refractivity contribution >= 4 is 6.09 Å². The van der Waals surface area contributed by atoms with Gasteiger partial charge < -0.3 is 4.74 Å². The van der Waals surface area contributed by atoms with Crippen LogP contribution in [0.3, 0.4) is 0 Å². The fraction of sp³-hybridized carbons (Fsp3) is 0.538. The van der Waals surface area contributed by atoms with Crippen LogP contribution in [-0.2, 0) is 11.3 Å². The third-order valence-corrected chi connectivity index (χ3v) is 3.20. The van der Waals surface area contributed by atoms with E-state index in [1.54, 1.807) is 17.3 Å². The van der Waals surface area contributed by atoms with Crippen molar-refractivity contribution in [3.8, 4) is 0 Å². The van der Waals surface area contributed by atoms with Gasteiger partial charge in [-0.3, -0.25) is 9.88 Å². The van der Waals surface area contributed by atoms with Crippen LogP contribution in [0.1, 0.15) is 26.3 Å². The summed E-state index contributed by atoms with van der Waals surface area (Å²) in [5.41, 5.74) is 1.08. The van der Waals surface area contributed by atoms with Crippen LogP contribution in [0.25, 0.3) is 0 Å². The first-order valence-corrected chi connectivity index (χ1v) is 5.95. The van der Waals surface area contributed by atoms with Crippen LogP contribution in [-0.4, -0.2) is 28.1 Å². The zero-order valence-corrected chi connectivity index (χ0v) is 10.5. The predicted octanol–water partition coefficient (Wildman–Crippen LogP) is 2.45. The van der Waals surface area contributed by atoms with Gasteiger partial charge >= 0.3 is 6.09 Å². The maximum Gasteiger partial charge on any atom is 0.410 e. The number of carbonyl (C=O) groups is 1. The van der Waals surface area contributed by atoms with Gasteiger partial charge in [0.2, 0.25) is 0 Å². The second-order valence-electron chi connectivity index (χ2n) is 4.82. The normalized spacial score (nSPS) is 24.2. The lowest BCUT2D eigenvalue weighted by Crippen LogP contribution is -2.35. The molecule has 1 aromatic rings. The van der Waals surface area contributed by atoms with Gasteiger partial charge in [0.05, 0.1) is 6.04 Å². The number of hydrogen-bond acceptors (Lipinski definition) is 3. The first kappa shape index (κ1) is 11.9. The molecule has 0 saturated carbocycles. The molecular weight excluding hydrogens is 216 g/mol. The highest BCUT2D eigenvalue weighted by molar-refractivity contribution is 5.70. The fourth-order valence-corrected chi connectivity index (χ4v) is 2.21. The summed E-state index contributed by atoms with van der Waals surface area (Å²) in [6.45, 7) is 6.78. The maximum atomic E-state index is 11.8. The molecule has 0 bridgehead atoms. The number of rotatable bonds is 3. The number of nitrogens with zero attached hydrogens (tertiary/aromatic N) is 2. The van der Waals surface area contributed by atoms with E-state index in [1.807, 2.05) is 19.1 Å². The third-order valence-electron chi connectivity index (χ3n) is 3.20.